The first kappa shape index (κ1) is 22.1. The highest BCUT2D eigenvalue weighted by Crippen LogP contribution is 2.35. The molecule has 0 aromatic carbocycles. The number of aldehydes is 1. The third kappa shape index (κ3) is 3.95. The minimum Gasteiger partial charge on any atom is -0.374 e. The normalized spacial score (nSPS) is 26.1. The molecule has 1 amide bonds. The van der Waals surface area contributed by atoms with Gasteiger partial charge in [0.05, 0.1) is 36.7 Å². The standard InChI is InChI=1S/C23H25F2N7O3/c24-21(25)20-18(10-32(29-20)14-3-1-13(11-33)2-4-14)27-23(34)17-8-26-31-6-5-19(28-22(17)31)30-9-16-7-15(30)12-35-16/h5-6,8,10-11,13-16,21H,1-4,7,9,12H2,(H,27,34)/t13?,14?,15-,16-/m1/s1. The average Bonchev–Trinajstić information content (AvgIpc) is 3.66. The molecule has 0 radical (unpaired) electrons. The summed E-state index contributed by atoms with van der Waals surface area (Å²) in [6.07, 6.45) is 6.56. The Labute approximate surface area is 199 Å². The molecule has 1 saturated carbocycles. The SMILES string of the molecule is O=CC1CCC(n2cc(NC(=O)c3cnn4ccc(N5C[C@H]6C[C@@H]5CO6)nc34)c(C(F)F)n2)CC1. The summed E-state index contributed by atoms with van der Waals surface area (Å²) < 4.78 is 36.1. The predicted molar refractivity (Wildman–Crippen MR) is 121 cm³/mol. The number of alkyl halides is 2. The van der Waals surface area contributed by atoms with Crippen LogP contribution in [0.4, 0.5) is 20.3 Å². The van der Waals surface area contributed by atoms with Crippen molar-refractivity contribution in [3.63, 3.8) is 0 Å². The van der Waals surface area contributed by atoms with Crippen molar-refractivity contribution in [3.8, 4) is 0 Å². The highest BCUT2D eigenvalue weighted by molar-refractivity contribution is 6.08. The molecule has 3 aromatic rings. The zero-order valence-corrected chi connectivity index (χ0v) is 18.9. The summed E-state index contributed by atoms with van der Waals surface area (Å²) in [5, 5.41) is 10.9. The number of nitrogens with one attached hydrogen (secondary N) is 1. The summed E-state index contributed by atoms with van der Waals surface area (Å²) in [7, 11) is 0. The first-order valence-electron chi connectivity index (χ1n) is 11.9. The molecule has 12 heteroatoms. The number of fused-ring (bicyclic) bond motifs is 3. The fraction of sp³-hybridized carbons (Fsp3) is 0.522. The summed E-state index contributed by atoms with van der Waals surface area (Å²) in [6.45, 7) is 1.40. The van der Waals surface area contributed by atoms with E-state index in [4.69, 9.17) is 4.74 Å². The molecular formula is C23H25F2N7O3. The zero-order valence-electron chi connectivity index (χ0n) is 18.9. The fourth-order valence-electron chi connectivity index (χ4n) is 5.40. The lowest BCUT2D eigenvalue weighted by Gasteiger charge is -2.27. The Balaban J connectivity index is 1.25. The second-order valence-electron chi connectivity index (χ2n) is 9.48. The van der Waals surface area contributed by atoms with E-state index in [0.29, 0.717) is 37.9 Å². The Bertz CT molecular complexity index is 1270. The van der Waals surface area contributed by atoms with Crippen molar-refractivity contribution < 1.29 is 23.1 Å². The van der Waals surface area contributed by atoms with E-state index in [0.717, 1.165) is 25.1 Å². The predicted octanol–water partition coefficient (Wildman–Crippen LogP) is 3.02. The Morgan fingerprint density at radius 2 is 2.06 bits per heavy atom. The molecule has 2 bridgehead atoms. The number of halogens is 2. The van der Waals surface area contributed by atoms with Crippen LogP contribution < -0.4 is 10.2 Å². The smallest absolute Gasteiger partial charge is 0.284 e. The molecule has 6 rings (SSSR count). The first-order valence-corrected chi connectivity index (χ1v) is 11.9. The molecule has 2 atom stereocenters. The van der Waals surface area contributed by atoms with Crippen molar-refractivity contribution >= 4 is 29.3 Å². The highest BCUT2D eigenvalue weighted by atomic mass is 19.3. The monoisotopic (exact) mass is 485 g/mol. The Hall–Kier alpha value is -3.41. The third-order valence-electron chi connectivity index (χ3n) is 7.32. The summed E-state index contributed by atoms with van der Waals surface area (Å²) >= 11 is 0. The number of hydrogen-bond donors (Lipinski definition) is 1. The van der Waals surface area contributed by atoms with E-state index in [1.807, 2.05) is 6.07 Å². The lowest BCUT2D eigenvalue weighted by Crippen LogP contribution is -2.37. The molecule has 3 aromatic heterocycles. The van der Waals surface area contributed by atoms with E-state index < -0.39 is 18.0 Å². The van der Waals surface area contributed by atoms with Gasteiger partial charge in [-0.3, -0.25) is 9.48 Å². The minimum atomic E-state index is -2.85. The molecule has 2 aliphatic heterocycles. The van der Waals surface area contributed by atoms with Gasteiger partial charge in [-0.25, -0.2) is 18.3 Å². The van der Waals surface area contributed by atoms with Gasteiger partial charge in [0.2, 0.25) is 0 Å². The van der Waals surface area contributed by atoms with Gasteiger partial charge in [-0.15, -0.1) is 0 Å². The number of aromatic nitrogens is 5. The zero-order chi connectivity index (χ0) is 24.1. The number of rotatable bonds is 6. The summed E-state index contributed by atoms with van der Waals surface area (Å²) in [5.41, 5.74) is 0.0230. The van der Waals surface area contributed by atoms with Crippen LogP contribution in [-0.4, -0.2) is 61.9 Å². The second-order valence-corrected chi connectivity index (χ2v) is 9.48. The summed E-state index contributed by atoms with van der Waals surface area (Å²) in [6, 6.07) is 2.02. The van der Waals surface area contributed by atoms with Crippen LogP contribution in [0.5, 0.6) is 0 Å². The molecule has 0 spiro atoms. The topological polar surface area (TPSA) is 107 Å². The molecule has 3 fully saturated rings. The van der Waals surface area contributed by atoms with Crippen molar-refractivity contribution in [2.24, 2.45) is 5.92 Å². The van der Waals surface area contributed by atoms with E-state index in [1.54, 1.807) is 6.20 Å². The van der Waals surface area contributed by atoms with Crippen LogP contribution in [0.25, 0.3) is 5.65 Å². The van der Waals surface area contributed by atoms with Gasteiger partial charge in [0.1, 0.15) is 17.7 Å². The number of amides is 1. The number of nitrogens with zero attached hydrogens (tertiary/aromatic N) is 6. The molecule has 0 unspecified atom stereocenters. The maximum Gasteiger partial charge on any atom is 0.284 e. The lowest BCUT2D eigenvalue weighted by molar-refractivity contribution is -0.112. The van der Waals surface area contributed by atoms with E-state index in [2.05, 4.69) is 25.4 Å². The van der Waals surface area contributed by atoms with Crippen LogP contribution in [0.1, 0.15) is 60.6 Å². The van der Waals surface area contributed by atoms with E-state index in [-0.39, 0.29) is 35.4 Å². The van der Waals surface area contributed by atoms with Crippen molar-refractivity contribution in [1.29, 1.82) is 0 Å². The highest BCUT2D eigenvalue weighted by Gasteiger charge is 2.39. The van der Waals surface area contributed by atoms with Gasteiger partial charge in [0.15, 0.2) is 11.3 Å². The number of hydrogen-bond acceptors (Lipinski definition) is 7. The molecule has 5 heterocycles. The molecule has 184 valence electrons. The van der Waals surface area contributed by atoms with Crippen molar-refractivity contribution in [2.45, 2.75) is 56.7 Å². The summed E-state index contributed by atoms with van der Waals surface area (Å²) in [4.78, 5) is 31.0. The van der Waals surface area contributed by atoms with Crippen molar-refractivity contribution in [3.05, 3.63) is 35.9 Å². The van der Waals surface area contributed by atoms with E-state index in [9.17, 15) is 18.4 Å². The molecule has 1 aliphatic carbocycles. The Kier molecular flexibility index (Phi) is 5.47. The van der Waals surface area contributed by atoms with Crippen LogP contribution in [-0.2, 0) is 9.53 Å². The second kappa shape index (κ2) is 8.67. The van der Waals surface area contributed by atoms with Crippen LogP contribution in [0.3, 0.4) is 0 Å². The molecular weight excluding hydrogens is 460 g/mol. The minimum absolute atomic E-state index is 0.00632. The first-order chi connectivity index (χ1) is 17.0. The van der Waals surface area contributed by atoms with Crippen molar-refractivity contribution in [2.75, 3.05) is 23.4 Å². The summed E-state index contributed by atoms with van der Waals surface area (Å²) in [5.74, 6) is 0.156. The van der Waals surface area contributed by atoms with E-state index >= 15 is 0 Å². The number of morpholine rings is 1. The van der Waals surface area contributed by atoms with Gasteiger partial charge in [0, 0.05) is 24.9 Å². The molecule has 10 nitrogen and oxygen atoms in total. The van der Waals surface area contributed by atoms with Gasteiger partial charge in [-0.2, -0.15) is 10.2 Å². The Morgan fingerprint density at radius 3 is 2.74 bits per heavy atom. The van der Waals surface area contributed by atoms with Crippen LogP contribution in [0.2, 0.25) is 0 Å². The maximum absolute atomic E-state index is 13.8. The number of carbonyl (C=O) groups excluding carboxylic acids is 2. The van der Waals surface area contributed by atoms with Gasteiger partial charge in [-0.05, 0) is 38.2 Å². The fourth-order valence-corrected chi connectivity index (χ4v) is 5.40. The van der Waals surface area contributed by atoms with Gasteiger partial charge in [0.25, 0.3) is 12.3 Å². The van der Waals surface area contributed by atoms with Gasteiger partial charge < -0.3 is 19.7 Å². The Morgan fingerprint density at radius 1 is 1.23 bits per heavy atom. The largest absolute Gasteiger partial charge is 0.374 e. The lowest BCUT2D eigenvalue weighted by atomic mass is 9.87. The third-order valence-corrected chi connectivity index (χ3v) is 7.32. The van der Waals surface area contributed by atoms with Gasteiger partial charge in [-0.1, -0.05) is 0 Å². The van der Waals surface area contributed by atoms with Crippen LogP contribution in [0.15, 0.2) is 24.7 Å². The number of ether oxygens (including phenoxy) is 1. The number of carbonyl (C=O) groups is 2. The maximum atomic E-state index is 13.8. The molecule has 35 heavy (non-hydrogen) atoms. The van der Waals surface area contributed by atoms with Crippen LogP contribution >= 0.6 is 0 Å². The van der Waals surface area contributed by atoms with Gasteiger partial charge >= 0.3 is 0 Å². The number of anilines is 2. The molecule has 3 aliphatic rings. The van der Waals surface area contributed by atoms with Crippen molar-refractivity contribution in [1.82, 2.24) is 24.4 Å². The van der Waals surface area contributed by atoms with Crippen LogP contribution in [0, 0.1) is 5.92 Å². The average molecular weight is 485 g/mol. The quantitative estimate of drug-likeness (QED) is 0.535. The van der Waals surface area contributed by atoms with E-state index in [1.165, 1.54) is 21.6 Å². The molecule has 1 N–H and O–H groups in total. The molecule has 2 saturated heterocycles.